The third kappa shape index (κ3) is 20.1. The first-order chi connectivity index (χ1) is 18.3. The SMILES string of the molecule is CCCC[Si](C)(C)O[Si](C)(C)O[Si](C)(C)O[Si](C)(C)O[Si](C)(C)O[Si](C)(C)O[Si](C)(C)O[Si](Cl)(CC(C)C)CC(C)C. The van der Waals surface area contributed by atoms with Crippen LogP contribution in [0.5, 0.6) is 0 Å². The van der Waals surface area contributed by atoms with Gasteiger partial charge in [0.25, 0.3) is 7.63 Å². The van der Waals surface area contributed by atoms with Gasteiger partial charge in [0.05, 0.1) is 0 Å². The van der Waals surface area contributed by atoms with Gasteiger partial charge >= 0.3 is 51.4 Å². The average Bonchev–Trinajstić information content (AvgIpc) is 2.57. The second-order valence-electron chi connectivity index (χ2n) is 16.1. The van der Waals surface area contributed by atoms with E-state index in [1.807, 2.05) is 0 Å². The maximum Gasteiger partial charge on any atom is 0.314 e. The zero-order chi connectivity index (χ0) is 33.6. The molecule has 0 heterocycles. The maximum atomic E-state index is 7.23. The lowest BCUT2D eigenvalue weighted by molar-refractivity contribution is 0.264. The Kier molecular flexibility index (Phi) is 16.9. The molecule has 0 spiro atoms. The van der Waals surface area contributed by atoms with Gasteiger partial charge in [-0.25, -0.2) is 0 Å². The van der Waals surface area contributed by atoms with Gasteiger partial charge in [-0.05, 0) is 122 Å². The van der Waals surface area contributed by atoms with Crippen molar-refractivity contribution in [1.29, 1.82) is 0 Å². The molecule has 0 aromatic rings. The van der Waals surface area contributed by atoms with Gasteiger partial charge in [0.15, 0.2) is 8.32 Å². The molecule has 0 saturated heterocycles. The third-order valence-electron chi connectivity index (χ3n) is 5.97. The van der Waals surface area contributed by atoms with Gasteiger partial charge in [0.2, 0.25) is 0 Å². The first-order valence-electron chi connectivity index (χ1n) is 15.9. The number of unbranched alkanes of at least 4 members (excludes halogenated alkanes) is 1. The molecule has 16 heteroatoms. The van der Waals surface area contributed by atoms with Crippen LogP contribution >= 0.6 is 11.1 Å². The van der Waals surface area contributed by atoms with Crippen LogP contribution in [0.1, 0.15) is 47.5 Å². The molecule has 0 bridgehead atoms. The first-order valence-corrected chi connectivity index (χ1v) is 39.3. The fourth-order valence-electron chi connectivity index (χ4n) is 6.23. The number of rotatable bonds is 21. The lowest BCUT2D eigenvalue weighted by Crippen LogP contribution is -2.61. The van der Waals surface area contributed by atoms with Gasteiger partial charge in [-0.1, -0.05) is 47.5 Å². The summed E-state index contributed by atoms with van der Waals surface area (Å²) in [5.74, 6) is 0.967. The van der Waals surface area contributed by atoms with Crippen LogP contribution < -0.4 is 0 Å². The number of hydrogen-bond donors (Lipinski definition) is 0. The molecule has 0 aromatic heterocycles. The van der Waals surface area contributed by atoms with Crippen LogP contribution in [0, 0.1) is 11.8 Å². The summed E-state index contributed by atoms with van der Waals surface area (Å²) in [7, 11) is -19.5. The molecule has 254 valence electrons. The highest BCUT2D eigenvalue weighted by Gasteiger charge is 2.50. The van der Waals surface area contributed by atoms with Crippen LogP contribution in [-0.4, -0.2) is 67.3 Å². The van der Waals surface area contributed by atoms with Crippen molar-refractivity contribution in [1.82, 2.24) is 0 Å². The van der Waals surface area contributed by atoms with Crippen LogP contribution in [0.2, 0.25) is 110 Å². The van der Waals surface area contributed by atoms with Crippen molar-refractivity contribution < 1.29 is 28.8 Å². The van der Waals surface area contributed by atoms with E-state index in [0.717, 1.165) is 18.1 Å². The van der Waals surface area contributed by atoms with Gasteiger partial charge in [0, 0.05) is 0 Å². The van der Waals surface area contributed by atoms with Crippen molar-refractivity contribution in [2.45, 2.75) is 157 Å². The highest BCUT2D eigenvalue weighted by atomic mass is 35.6. The van der Waals surface area contributed by atoms with Crippen LogP contribution in [0.15, 0.2) is 0 Å². The van der Waals surface area contributed by atoms with E-state index in [1.165, 1.54) is 12.8 Å². The van der Waals surface area contributed by atoms with E-state index >= 15 is 0 Å². The molecule has 7 nitrogen and oxygen atoms in total. The Hall–Kier alpha value is 1.75. The molecular weight excluding hydrogens is 684 g/mol. The topological polar surface area (TPSA) is 64.6 Å². The van der Waals surface area contributed by atoms with Gasteiger partial charge in [-0.2, -0.15) is 0 Å². The van der Waals surface area contributed by atoms with Gasteiger partial charge in [-0.3, -0.25) is 0 Å². The van der Waals surface area contributed by atoms with Crippen molar-refractivity contribution >= 4 is 78.4 Å². The molecule has 0 amide bonds. The van der Waals surface area contributed by atoms with E-state index in [9.17, 15) is 0 Å². The zero-order valence-electron chi connectivity index (χ0n) is 30.9. The Morgan fingerprint density at radius 1 is 0.452 bits per heavy atom. The molecule has 0 rings (SSSR count). The Labute approximate surface area is 274 Å². The molecule has 42 heavy (non-hydrogen) atoms. The molecule has 0 aliphatic rings. The fourth-order valence-corrected chi connectivity index (χ4v) is 50.4. The normalized spacial score (nSPS) is 15.3. The number of hydrogen-bond acceptors (Lipinski definition) is 7. The number of halogens is 1. The maximum absolute atomic E-state index is 7.23. The average molecular weight is 754 g/mol. The highest BCUT2D eigenvalue weighted by Crippen LogP contribution is 2.35. The van der Waals surface area contributed by atoms with Gasteiger partial charge in [0.1, 0.15) is 0 Å². The molecule has 0 aliphatic heterocycles. The molecule has 0 aromatic carbocycles. The zero-order valence-corrected chi connectivity index (χ0v) is 39.7. The van der Waals surface area contributed by atoms with Crippen molar-refractivity contribution in [3.8, 4) is 0 Å². The lowest BCUT2D eigenvalue weighted by atomic mass is 10.3. The molecular formula is C26H69ClO7Si8. The monoisotopic (exact) mass is 752 g/mol. The Balaban J connectivity index is 5.49. The summed E-state index contributed by atoms with van der Waals surface area (Å²) >= 11 is 7.23. The molecule has 0 radical (unpaired) electrons. The van der Waals surface area contributed by atoms with Crippen molar-refractivity contribution in [3.05, 3.63) is 0 Å². The molecule has 0 aliphatic carbocycles. The quantitative estimate of drug-likeness (QED) is 0.0854. The minimum absolute atomic E-state index is 0.484. The summed E-state index contributed by atoms with van der Waals surface area (Å²) in [5.41, 5.74) is 0. The van der Waals surface area contributed by atoms with Gasteiger partial charge < -0.3 is 28.8 Å². The second-order valence-corrected chi connectivity index (χ2v) is 47.2. The molecule has 0 atom stereocenters. The van der Waals surface area contributed by atoms with E-state index in [4.69, 9.17) is 39.9 Å². The van der Waals surface area contributed by atoms with Crippen molar-refractivity contribution in [3.63, 3.8) is 0 Å². The summed E-state index contributed by atoms with van der Waals surface area (Å²) < 4.78 is 47.3. The van der Waals surface area contributed by atoms with Gasteiger partial charge in [-0.15, -0.1) is 11.1 Å². The fraction of sp³-hybridized carbons (Fsp3) is 1.00. The molecule has 0 N–H and O–H groups in total. The molecule has 0 saturated carbocycles. The van der Waals surface area contributed by atoms with Crippen molar-refractivity contribution in [2.75, 3.05) is 0 Å². The minimum Gasteiger partial charge on any atom is -0.436 e. The van der Waals surface area contributed by atoms with Crippen LogP contribution in [0.4, 0.5) is 0 Å². The first kappa shape index (κ1) is 43.7. The predicted molar refractivity (Wildman–Crippen MR) is 201 cm³/mol. The third-order valence-corrected chi connectivity index (χ3v) is 39.3. The van der Waals surface area contributed by atoms with Crippen LogP contribution in [0.3, 0.4) is 0 Å². The summed E-state index contributed by atoms with van der Waals surface area (Å²) in [6.07, 6.45) is 2.39. The summed E-state index contributed by atoms with van der Waals surface area (Å²) in [4.78, 5) is 0. The highest BCUT2D eigenvalue weighted by molar-refractivity contribution is 7.19. The Bertz CT molecular complexity index is 814. The molecule has 0 fully saturated rings. The minimum atomic E-state index is -2.62. The summed E-state index contributed by atoms with van der Waals surface area (Å²) in [6.45, 7) is 41.0. The van der Waals surface area contributed by atoms with Crippen molar-refractivity contribution in [2.24, 2.45) is 11.8 Å². The summed E-state index contributed by atoms with van der Waals surface area (Å²) in [6, 6.07) is 2.99. The largest absolute Gasteiger partial charge is 0.436 e. The predicted octanol–water partition coefficient (Wildman–Crippen LogP) is 10.3. The van der Waals surface area contributed by atoms with Crippen LogP contribution in [0.25, 0.3) is 0 Å². The van der Waals surface area contributed by atoms with E-state index < -0.39 is 67.3 Å². The standard InChI is InChI=1S/C26H69ClO7Si8/c1-20-21-22-35(6,7)28-36(8,9)29-37(10,11)30-38(12,13)31-39(14,15)32-40(16,17)33-41(18,19)34-42(27,23-25(2)3)24-26(4)5/h25-26H,20-24H2,1-19H3. The van der Waals surface area contributed by atoms with E-state index in [-0.39, 0.29) is 0 Å². The molecule has 0 unspecified atom stereocenters. The van der Waals surface area contributed by atoms with E-state index in [1.54, 1.807) is 0 Å². The summed E-state index contributed by atoms with van der Waals surface area (Å²) in [5, 5.41) is 0. The second kappa shape index (κ2) is 16.2. The Morgan fingerprint density at radius 2 is 0.714 bits per heavy atom. The Morgan fingerprint density at radius 3 is 0.976 bits per heavy atom. The smallest absolute Gasteiger partial charge is 0.314 e. The van der Waals surface area contributed by atoms with E-state index in [0.29, 0.717) is 11.8 Å². The lowest BCUT2D eigenvalue weighted by Gasteiger charge is -2.44. The van der Waals surface area contributed by atoms with E-state index in [2.05, 4.69) is 126 Å². The van der Waals surface area contributed by atoms with Crippen LogP contribution in [-0.2, 0) is 28.8 Å².